The fourth-order valence-electron chi connectivity index (χ4n) is 2.78. The number of aromatic nitrogens is 4. The van der Waals surface area contributed by atoms with Crippen molar-refractivity contribution in [2.45, 2.75) is 4.90 Å². The molecule has 0 atom stereocenters. The van der Waals surface area contributed by atoms with Gasteiger partial charge in [-0.3, -0.25) is 0 Å². The number of sulfonamides is 1. The van der Waals surface area contributed by atoms with Crippen molar-refractivity contribution >= 4 is 15.7 Å². The van der Waals surface area contributed by atoms with Crippen molar-refractivity contribution in [1.29, 1.82) is 0 Å². The highest BCUT2D eigenvalue weighted by molar-refractivity contribution is 7.89. The van der Waals surface area contributed by atoms with E-state index in [0.717, 1.165) is 11.3 Å². The van der Waals surface area contributed by atoms with E-state index < -0.39 is 10.0 Å². The SMILES string of the molecule is COc1ccc(-c2nnc3ccc(OCCNS(=O)(=O)c4ccccc4)nn23)cc1. The molecule has 0 unspecified atom stereocenters. The number of rotatable bonds is 8. The summed E-state index contributed by atoms with van der Waals surface area (Å²) in [7, 11) is -1.97. The molecule has 1 N–H and O–H groups in total. The zero-order chi connectivity index (χ0) is 21.0. The number of ether oxygens (including phenoxy) is 2. The molecule has 0 spiro atoms. The zero-order valence-electron chi connectivity index (χ0n) is 16.1. The summed E-state index contributed by atoms with van der Waals surface area (Å²) in [5, 5.41) is 12.7. The third-order valence-electron chi connectivity index (χ3n) is 4.28. The van der Waals surface area contributed by atoms with E-state index in [2.05, 4.69) is 20.0 Å². The molecule has 2 aromatic heterocycles. The van der Waals surface area contributed by atoms with Crippen LogP contribution >= 0.6 is 0 Å². The van der Waals surface area contributed by atoms with E-state index in [1.807, 2.05) is 24.3 Å². The third kappa shape index (κ3) is 4.24. The maximum Gasteiger partial charge on any atom is 0.240 e. The van der Waals surface area contributed by atoms with Crippen LogP contribution in [0.1, 0.15) is 0 Å². The molecule has 0 aliphatic heterocycles. The average Bonchev–Trinajstić information content (AvgIpc) is 3.21. The molecule has 0 amide bonds. The lowest BCUT2D eigenvalue weighted by Gasteiger charge is -2.08. The van der Waals surface area contributed by atoms with Crippen molar-refractivity contribution in [2.24, 2.45) is 0 Å². The number of nitrogens with zero attached hydrogens (tertiary/aromatic N) is 4. The van der Waals surface area contributed by atoms with Crippen LogP contribution in [0.3, 0.4) is 0 Å². The van der Waals surface area contributed by atoms with Gasteiger partial charge in [-0.1, -0.05) is 18.2 Å². The largest absolute Gasteiger partial charge is 0.497 e. The van der Waals surface area contributed by atoms with Crippen LogP contribution in [0.2, 0.25) is 0 Å². The van der Waals surface area contributed by atoms with E-state index in [4.69, 9.17) is 9.47 Å². The zero-order valence-corrected chi connectivity index (χ0v) is 16.9. The smallest absolute Gasteiger partial charge is 0.240 e. The molecule has 0 saturated carbocycles. The Labute approximate surface area is 173 Å². The number of hydrogen-bond acceptors (Lipinski definition) is 7. The Kier molecular flexibility index (Phi) is 5.59. The van der Waals surface area contributed by atoms with Gasteiger partial charge >= 0.3 is 0 Å². The molecule has 0 aliphatic carbocycles. The molecule has 9 nitrogen and oxygen atoms in total. The summed E-state index contributed by atoms with van der Waals surface area (Å²) in [6, 6.07) is 18.9. The van der Waals surface area contributed by atoms with Crippen LogP contribution in [-0.4, -0.2) is 48.5 Å². The van der Waals surface area contributed by atoms with Crippen LogP contribution in [-0.2, 0) is 10.0 Å². The second-order valence-corrected chi connectivity index (χ2v) is 8.02. The number of nitrogens with one attached hydrogen (secondary N) is 1. The molecule has 4 aromatic rings. The standard InChI is InChI=1S/C20H19N5O4S/c1-28-16-9-7-15(8-10-16)20-23-22-18-11-12-19(24-25(18)20)29-14-13-21-30(26,27)17-5-3-2-4-6-17/h2-12,21H,13-14H2,1H3. The lowest BCUT2D eigenvalue weighted by molar-refractivity contribution is 0.306. The highest BCUT2D eigenvalue weighted by Gasteiger charge is 2.13. The minimum atomic E-state index is -3.57. The van der Waals surface area contributed by atoms with Gasteiger partial charge in [0.25, 0.3) is 0 Å². The predicted molar refractivity (Wildman–Crippen MR) is 110 cm³/mol. The summed E-state index contributed by atoms with van der Waals surface area (Å²) in [6.07, 6.45) is 0. The summed E-state index contributed by atoms with van der Waals surface area (Å²) in [4.78, 5) is 0.207. The molecular formula is C20H19N5O4S. The molecule has 2 heterocycles. The Morgan fingerprint density at radius 1 is 0.967 bits per heavy atom. The van der Waals surface area contributed by atoms with E-state index in [-0.39, 0.29) is 18.0 Å². The Balaban J connectivity index is 1.43. The molecule has 10 heteroatoms. The molecule has 0 fully saturated rings. The van der Waals surface area contributed by atoms with Crippen molar-refractivity contribution < 1.29 is 17.9 Å². The molecule has 0 saturated heterocycles. The van der Waals surface area contributed by atoms with Crippen LogP contribution in [0.4, 0.5) is 0 Å². The first-order chi connectivity index (χ1) is 14.6. The van der Waals surface area contributed by atoms with E-state index in [0.29, 0.717) is 17.4 Å². The normalized spacial score (nSPS) is 11.5. The van der Waals surface area contributed by atoms with E-state index >= 15 is 0 Å². The van der Waals surface area contributed by atoms with Gasteiger partial charge in [0.15, 0.2) is 11.5 Å². The summed E-state index contributed by atoms with van der Waals surface area (Å²) in [6.45, 7) is 0.217. The molecule has 2 aromatic carbocycles. The van der Waals surface area contributed by atoms with Crippen LogP contribution < -0.4 is 14.2 Å². The quantitative estimate of drug-likeness (QED) is 0.431. The number of benzene rings is 2. The van der Waals surface area contributed by atoms with Gasteiger partial charge in [-0.2, -0.15) is 4.52 Å². The first-order valence-corrected chi connectivity index (χ1v) is 10.6. The number of fused-ring (bicyclic) bond motifs is 1. The van der Waals surface area contributed by atoms with E-state index in [9.17, 15) is 8.42 Å². The second kappa shape index (κ2) is 8.47. The molecule has 0 aliphatic rings. The van der Waals surface area contributed by atoms with Gasteiger partial charge in [-0.15, -0.1) is 15.3 Å². The van der Waals surface area contributed by atoms with Crippen molar-refractivity contribution in [2.75, 3.05) is 20.3 Å². The van der Waals surface area contributed by atoms with Crippen molar-refractivity contribution in [3.8, 4) is 23.0 Å². The Hall–Kier alpha value is -3.50. The van der Waals surface area contributed by atoms with Gasteiger partial charge in [-0.05, 0) is 42.5 Å². The van der Waals surface area contributed by atoms with Crippen molar-refractivity contribution in [3.63, 3.8) is 0 Å². The van der Waals surface area contributed by atoms with Gasteiger partial charge in [0.05, 0.1) is 12.0 Å². The van der Waals surface area contributed by atoms with Crippen molar-refractivity contribution in [3.05, 3.63) is 66.7 Å². The first kappa shape index (κ1) is 19.8. The average molecular weight is 425 g/mol. The molecule has 0 radical (unpaired) electrons. The molecule has 0 bridgehead atoms. The van der Waals surface area contributed by atoms with Gasteiger partial charge in [-0.25, -0.2) is 13.1 Å². The van der Waals surface area contributed by atoms with Gasteiger partial charge in [0.2, 0.25) is 15.9 Å². The summed E-state index contributed by atoms with van der Waals surface area (Å²) in [5.41, 5.74) is 1.39. The highest BCUT2D eigenvalue weighted by atomic mass is 32.2. The fraction of sp³-hybridized carbons (Fsp3) is 0.150. The summed E-state index contributed by atoms with van der Waals surface area (Å²) >= 11 is 0. The van der Waals surface area contributed by atoms with Crippen LogP contribution in [0.5, 0.6) is 11.6 Å². The Morgan fingerprint density at radius 2 is 1.73 bits per heavy atom. The highest BCUT2D eigenvalue weighted by Crippen LogP contribution is 2.21. The maximum atomic E-state index is 12.2. The van der Waals surface area contributed by atoms with E-state index in [1.54, 1.807) is 42.0 Å². The van der Waals surface area contributed by atoms with Crippen LogP contribution in [0, 0.1) is 0 Å². The van der Waals surface area contributed by atoms with E-state index in [1.165, 1.54) is 12.1 Å². The van der Waals surface area contributed by atoms with Gasteiger partial charge in [0.1, 0.15) is 12.4 Å². The summed E-state index contributed by atoms with van der Waals surface area (Å²) in [5.74, 6) is 1.63. The monoisotopic (exact) mass is 425 g/mol. The predicted octanol–water partition coefficient (Wildman–Crippen LogP) is 2.16. The fourth-order valence-corrected chi connectivity index (χ4v) is 3.82. The lowest BCUT2D eigenvalue weighted by Crippen LogP contribution is -2.28. The molecule has 30 heavy (non-hydrogen) atoms. The number of methoxy groups -OCH3 is 1. The van der Waals surface area contributed by atoms with Gasteiger partial charge in [0, 0.05) is 18.2 Å². The topological polar surface area (TPSA) is 108 Å². The molecular weight excluding hydrogens is 406 g/mol. The van der Waals surface area contributed by atoms with Crippen molar-refractivity contribution in [1.82, 2.24) is 24.5 Å². The molecule has 4 rings (SSSR count). The van der Waals surface area contributed by atoms with Crippen LogP contribution in [0.15, 0.2) is 71.6 Å². The maximum absolute atomic E-state index is 12.2. The number of hydrogen-bond donors (Lipinski definition) is 1. The third-order valence-corrected chi connectivity index (χ3v) is 5.76. The Bertz CT molecular complexity index is 1240. The minimum absolute atomic E-state index is 0.102. The Morgan fingerprint density at radius 3 is 2.47 bits per heavy atom. The minimum Gasteiger partial charge on any atom is -0.497 e. The van der Waals surface area contributed by atoms with Gasteiger partial charge < -0.3 is 9.47 Å². The first-order valence-electron chi connectivity index (χ1n) is 9.11. The summed E-state index contributed by atoms with van der Waals surface area (Å²) < 4.78 is 39.3. The second-order valence-electron chi connectivity index (χ2n) is 6.25. The lowest BCUT2D eigenvalue weighted by atomic mass is 10.2. The molecule has 154 valence electrons. The van der Waals surface area contributed by atoms with Crippen LogP contribution in [0.25, 0.3) is 17.0 Å².